The molecular weight excluding hydrogens is 168 g/mol. The second-order valence-corrected chi connectivity index (χ2v) is 6.48. The van der Waals surface area contributed by atoms with Gasteiger partial charge in [0.2, 0.25) is 0 Å². The largest absolute Gasteiger partial charge is 0.254 e. The topological polar surface area (TPSA) is 17.1 Å². The Hall–Kier alpha value is -0.110. The van der Waals surface area contributed by atoms with Gasteiger partial charge in [-0.1, -0.05) is 19.4 Å². The predicted molar refractivity (Wildman–Crippen MR) is 56.5 cm³/mol. The summed E-state index contributed by atoms with van der Waals surface area (Å²) < 4.78 is 11.5. The van der Waals surface area contributed by atoms with E-state index in [0.717, 1.165) is 0 Å². The van der Waals surface area contributed by atoms with Crippen LogP contribution in [0, 0.1) is 5.92 Å². The molecule has 0 rings (SSSR count). The first-order valence-corrected chi connectivity index (χ1v) is 5.55. The minimum atomic E-state index is -0.850. The van der Waals surface area contributed by atoms with Gasteiger partial charge in [-0.3, -0.25) is 4.21 Å². The van der Waals surface area contributed by atoms with Gasteiger partial charge in [0, 0.05) is 10.2 Å². The Kier molecular flexibility index (Phi) is 4.18. The molecule has 0 unspecified atom stereocenters. The van der Waals surface area contributed by atoms with Crippen LogP contribution in [0.4, 0.5) is 0 Å². The van der Waals surface area contributed by atoms with Gasteiger partial charge in [-0.25, -0.2) is 0 Å². The molecule has 72 valence electrons. The van der Waals surface area contributed by atoms with Crippen molar-refractivity contribution in [3.63, 3.8) is 0 Å². The Morgan fingerprint density at radius 3 is 2.00 bits per heavy atom. The third-order valence-corrected chi connectivity index (χ3v) is 3.60. The van der Waals surface area contributed by atoms with E-state index >= 15 is 0 Å². The van der Waals surface area contributed by atoms with Crippen LogP contribution in [0.3, 0.4) is 0 Å². The van der Waals surface area contributed by atoms with Crippen molar-refractivity contribution in [1.29, 1.82) is 0 Å². The van der Waals surface area contributed by atoms with Crippen LogP contribution in [0.5, 0.6) is 0 Å². The van der Waals surface area contributed by atoms with Crippen LogP contribution in [-0.4, -0.2) is 8.96 Å². The van der Waals surface area contributed by atoms with E-state index in [1.54, 1.807) is 0 Å². The van der Waals surface area contributed by atoms with Gasteiger partial charge in [-0.05, 0) is 33.6 Å². The Morgan fingerprint density at radius 1 is 1.33 bits per heavy atom. The highest BCUT2D eigenvalue weighted by atomic mass is 32.2. The van der Waals surface area contributed by atoms with Gasteiger partial charge in [0.05, 0.1) is 10.8 Å². The molecule has 12 heavy (non-hydrogen) atoms. The first-order chi connectivity index (χ1) is 5.25. The normalized spacial score (nSPS) is 16.8. The second-order valence-electron chi connectivity index (χ2n) is 4.43. The molecule has 2 heteroatoms. The lowest BCUT2D eigenvalue weighted by molar-refractivity contribution is 0.655. The molecule has 0 radical (unpaired) electrons. The second kappa shape index (κ2) is 4.22. The molecule has 0 bridgehead atoms. The molecule has 0 spiro atoms. The first kappa shape index (κ1) is 11.9. The van der Waals surface area contributed by atoms with Crippen molar-refractivity contribution >= 4 is 10.8 Å². The highest BCUT2D eigenvalue weighted by Crippen LogP contribution is 2.16. The molecule has 0 aromatic rings. The zero-order valence-corrected chi connectivity index (χ0v) is 9.79. The molecule has 0 saturated heterocycles. The maximum Gasteiger partial charge on any atom is 0.0509 e. The summed E-state index contributed by atoms with van der Waals surface area (Å²) in [6.07, 6.45) is 0. The van der Waals surface area contributed by atoms with Crippen molar-refractivity contribution in [2.75, 3.05) is 0 Å². The maximum atomic E-state index is 11.6. The van der Waals surface area contributed by atoms with E-state index in [0.29, 0.717) is 5.92 Å². The van der Waals surface area contributed by atoms with Gasteiger partial charge in [0.1, 0.15) is 0 Å². The number of allylic oxidation sites excluding steroid dienone is 1. The lowest BCUT2D eigenvalue weighted by Gasteiger charge is -2.16. The Balaban J connectivity index is 4.46. The molecule has 0 saturated carbocycles. The molecule has 0 aromatic heterocycles. The SMILES string of the molecule is C/C(=C\[S@@](=O)C(C)(C)C)C(C)C. The van der Waals surface area contributed by atoms with Gasteiger partial charge in [-0.15, -0.1) is 0 Å². The summed E-state index contributed by atoms with van der Waals surface area (Å²) in [6, 6.07) is 0. The smallest absolute Gasteiger partial charge is 0.0509 e. The molecule has 0 aliphatic heterocycles. The third-order valence-electron chi connectivity index (χ3n) is 1.81. The van der Waals surface area contributed by atoms with Crippen molar-refractivity contribution in [2.45, 2.75) is 46.3 Å². The fraction of sp³-hybridized carbons (Fsp3) is 0.800. The number of hydrogen-bond acceptors (Lipinski definition) is 1. The fourth-order valence-electron chi connectivity index (χ4n) is 0.482. The summed E-state index contributed by atoms with van der Waals surface area (Å²) in [6.45, 7) is 12.2. The van der Waals surface area contributed by atoms with Crippen LogP contribution in [-0.2, 0) is 10.8 Å². The molecule has 0 N–H and O–H groups in total. The van der Waals surface area contributed by atoms with Crippen LogP contribution in [0.2, 0.25) is 0 Å². The van der Waals surface area contributed by atoms with E-state index < -0.39 is 10.8 Å². The summed E-state index contributed by atoms with van der Waals surface area (Å²) in [5.74, 6) is 0.497. The average Bonchev–Trinajstić information content (AvgIpc) is 1.85. The molecule has 0 aliphatic rings. The van der Waals surface area contributed by atoms with Crippen molar-refractivity contribution in [1.82, 2.24) is 0 Å². The standard InChI is InChI=1S/C10H20OS/c1-8(2)9(3)7-12(11)10(4,5)6/h7-8H,1-6H3/b9-7+/t12-/m1/s1. The van der Waals surface area contributed by atoms with E-state index in [1.165, 1.54) is 5.57 Å². The molecule has 0 heterocycles. The van der Waals surface area contributed by atoms with E-state index in [-0.39, 0.29) is 4.75 Å². The Morgan fingerprint density at radius 2 is 1.75 bits per heavy atom. The van der Waals surface area contributed by atoms with Crippen LogP contribution in [0.1, 0.15) is 41.5 Å². The van der Waals surface area contributed by atoms with Crippen LogP contribution >= 0.6 is 0 Å². The van der Waals surface area contributed by atoms with Crippen LogP contribution in [0.25, 0.3) is 0 Å². The number of hydrogen-bond donors (Lipinski definition) is 0. The Labute approximate surface area is 78.7 Å². The maximum absolute atomic E-state index is 11.6. The molecule has 0 fully saturated rings. The highest BCUT2D eigenvalue weighted by molar-refractivity contribution is 7.89. The third kappa shape index (κ3) is 4.05. The monoisotopic (exact) mass is 188 g/mol. The van der Waals surface area contributed by atoms with E-state index in [2.05, 4.69) is 13.8 Å². The van der Waals surface area contributed by atoms with E-state index in [9.17, 15) is 4.21 Å². The molecule has 1 atom stereocenters. The average molecular weight is 188 g/mol. The van der Waals surface area contributed by atoms with Gasteiger partial charge in [0.25, 0.3) is 0 Å². The van der Waals surface area contributed by atoms with Gasteiger partial charge in [-0.2, -0.15) is 0 Å². The van der Waals surface area contributed by atoms with Crippen molar-refractivity contribution in [3.8, 4) is 0 Å². The van der Waals surface area contributed by atoms with Gasteiger partial charge < -0.3 is 0 Å². The molecule has 0 aliphatic carbocycles. The zero-order valence-electron chi connectivity index (χ0n) is 8.97. The summed E-state index contributed by atoms with van der Waals surface area (Å²) in [5, 5.41) is 1.88. The van der Waals surface area contributed by atoms with Gasteiger partial charge >= 0.3 is 0 Å². The molecule has 0 amide bonds. The zero-order chi connectivity index (χ0) is 9.94. The fourth-order valence-corrected chi connectivity index (χ4v) is 1.45. The molecule has 0 aromatic carbocycles. The van der Waals surface area contributed by atoms with Gasteiger partial charge in [0.15, 0.2) is 0 Å². The first-order valence-electron chi connectivity index (χ1n) is 4.34. The quantitative estimate of drug-likeness (QED) is 0.651. The van der Waals surface area contributed by atoms with E-state index in [4.69, 9.17) is 0 Å². The minimum absolute atomic E-state index is 0.129. The highest BCUT2D eigenvalue weighted by Gasteiger charge is 2.17. The summed E-state index contributed by atoms with van der Waals surface area (Å²) in [5.41, 5.74) is 1.21. The Bertz CT molecular complexity index is 196. The summed E-state index contributed by atoms with van der Waals surface area (Å²) in [4.78, 5) is 0. The minimum Gasteiger partial charge on any atom is -0.254 e. The molecular formula is C10H20OS. The summed E-state index contributed by atoms with van der Waals surface area (Å²) in [7, 11) is -0.850. The molecule has 1 nitrogen and oxygen atoms in total. The predicted octanol–water partition coefficient (Wildman–Crippen LogP) is 3.09. The van der Waals surface area contributed by atoms with Crippen molar-refractivity contribution in [3.05, 3.63) is 11.0 Å². The summed E-state index contributed by atoms with van der Waals surface area (Å²) >= 11 is 0. The van der Waals surface area contributed by atoms with Crippen LogP contribution in [0.15, 0.2) is 11.0 Å². The lowest BCUT2D eigenvalue weighted by atomic mass is 10.1. The van der Waals surface area contributed by atoms with Crippen molar-refractivity contribution < 1.29 is 4.21 Å². The van der Waals surface area contributed by atoms with E-state index in [1.807, 2.05) is 33.1 Å². The van der Waals surface area contributed by atoms with Crippen molar-refractivity contribution in [2.24, 2.45) is 5.92 Å². The lowest BCUT2D eigenvalue weighted by Crippen LogP contribution is -2.20. The number of rotatable bonds is 2. The van der Waals surface area contributed by atoms with Crippen LogP contribution < -0.4 is 0 Å².